The highest BCUT2D eigenvalue weighted by molar-refractivity contribution is 6.30. The van der Waals surface area contributed by atoms with Crippen LogP contribution in [0.5, 0.6) is 5.75 Å². The Morgan fingerprint density at radius 1 is 1.15 bits per heavy atom. The van der Waals surface area contributed by atoms with Gasteiger partial charge in [0.05, 0.1) is 13.2 Å². The fourth-order valence-corrected chi connectivity index (χ4v) is 4.47. The van der Waals surface area contributed by atoms with Gasteiger partial charge in [-0.2, -0.15) is 0 Å². The van der Waals surface area contributed by atoms with Crippen molar-refractivity contribution in [3.63, 3.8) is 0 Å². The molecule has 2 atom stereocenters. The predicted molar refractivity (Wildman–Crippen MR) is 122 cm³/mol. The number of ether oxygens (including phenoxy) is 2. The van der Waals surface area contributed by atoms with Crippen LogP contribution < -0.4 is 4.74 Å². The van der Waals surface area contributed by atoms with Crippen LogP contribution in [-0.2, 0) is 16.0 Å². The van der Waals surface area contributed by atoms with E-state index in [4.69, 9.17) is 25.6 Å². The topological polar surface area (TPSA) is 85.1 Å². The van der Waals surface area contributed by atoms with Crippen LogP contribution >= 0.6 is 11.6 Å². The fraction of sp³-hybridized carbons (Fsp3) is 0.542. The lowest BCUT2D eigenvalue weighted by Crippen LogP contribution is -2.50. The maximum Gasteiger partial charge on any atom is 0.276 e. The zero-order chi connectivity index (χ0) is 23.2. The number of amides is 2. The highest BCUT2D eigenvalue weighted by Gasteiger charge is 2.36. The number of carbonyl (C=O) groups is 2. The number of benzene rings is 1. The zero-order valence-corrected chi connectivity index (χ0v) is 19.6. The number of nitrogens with zero attached hydrogens (tertiary/aromatic N) is 3. The van der Waals surface area contributed by atoms with E-state index in [1.165, 1.54) is 0 Å². The number of aromatic nitrogens is 1. The minimum absolute atomic E-state index is 0.0639. The number of piperidine rings is 1. The highest BCUT2D eigenvalue weighted by Crippen LogP contribution is 2.28. The Labute approximate surface area is 198 Å². The molecule has 0 N–H and O–H groups in total. The van der Waals surface area contributed by atoms with E-state index in [0.717, 1.165) is 12.8 Å². The van der Waals surface area contributed by atoms with Crippen LogP contribution in [0, 0.1) is 5.92 Å². The third kappa shape index (κ3) is 6.06. The molecule has 3 heterocycles. The van der Waals surface area contributed by atoms with Gasteiger partial charge in [-0.1, -0.05) is 23.7 Å². The Morgan fingerprint density at radius 2 is 1.91 bits per heavy atom. The number of hydrogen-bond donors (Lipinski definition) is 0. The van der Waals surface area contributed by atoms with Crippen LogP contribution in [0.2, 0.25) is 5.02 Å². The van der Waals surface area contributed by atoms with Gasteiger partial charge in [-0.25, -0.2) is 0 Å². The second-order valence-corrected chi connectivity index (χ2v) is 8.97. The molecule has 2 aliphatic rings. The van der Waals surface area contributed by atoms with Gasteiger partial charge >= 0.3 is 0 Å². The standard InChI is InChI=1S/C24H30ClN3O5/c1-2-3-20-15-21(26-33-20)24(30)28-9-8-22(32-19-6-4-18(25)5-7-19)17(16-28)14-23(29)27-10-12-31-13-11-27/h4-7,15,17,22H,2-3,8-14,16H2,1H3/t17-,22-/m0/s1. The Bertz CT molecular complexity index is 942. The average Bonchev–Trinajstić information content (AvgIpc) is 3.30. The molecule has 178 valence electrons. The Kier molecular flexibility index (Phi) is 7.88. The van der Waals surface area contributed by atoms with Gasteiger partial charge in [-0.3, -0.25) is 9.59 Å². The average molecular weight is 476 g/mol. The van der Waals surface area contributed by atoms with Crippen molar-refractivity contribution < 1.29 is 23.6 Å². The summed E-state index contributed by atoms with van der Waals surface area (Å²) in [6, 6.07) is 8.93. The lowest BCUT2D eigenvalue weighted by Gasteiger charge is -2.39. The smallest absolute Gasteiger partial charge is 0.276 e. The van der Waals surface area contributed by atoms with Gasteiger partial charge in [-0.15, -0.1) is 0 Å². The number of halogens is 1. The molecule has 2 saturated heterocycles. The summed E-state index contributed by atoms with van der Waals surface area (Å²) in [5, 5.41) is 4.60. The van der Waals surface area contributed by atoms with Crippen LogP contribution in [-0.4, -0.2) is 72.3 Å². The van der Waals surface area contributed by atoms with Crippen LogP contribution in [0.1, 0.15) is 42.4 Å². The number of likely N-dealkylation sites (tertiary alicyclic amines) is 1. The monoisotopic (exact) mass is 475 g/mol. The summed E-state index contributed by atoms with van der Waals surface area (Å²) in [6.45, 7) is 5.28. The fourth-order valence-electron chi connectivity index (χ4n) is 4.34. The molecule has 2 aliphatic heterocycles. The van der Waals surface area contributed by atoms with Gasteiger partial charge in [0.1, 0.15) is 17.6 Å². The molecule has 2 fully saturated rings. The Balaban J connectivity index is 1.46. The molecule has 8 nitrogen and oxygen atoms in total. The van der Waals surface area contributed by atoms with Gasteiger partial charge in [0.15, 0.2) is 5.69 Å². The van der Waals surface area contributed by atoms with Crippen molar-refractivity contribution in [3.05, 3.63) is 46.8 Å². The van der Waals surface area contributed by atoms with Crippen LogP contribution in [0.3, 0.4) is 0 Å². The number of rotatable bonds is 7. The summed E-state index contributed by atoms with van der Waals surface area (Å²) in [6.07, 6.45) is 2.40. The summed E-state index contributed by atoms with van der Waals surface area (Å²) < 4.78 is 16.9. The van der Waals surface area contributed by atoms with Crippen molar-refractivity contribution in [2.24, 2.45) is 5.92 Å². The largest absolute Gasteiger partial charge is 0.490 e. The molecule has 0 aliphatic carbocycles. The summed E-state index contributed by atoms with van der Waals surface area (Å²) >= 11 is 6.00. The van der Waals surface area contributed by atoms with Crippen molar-refractivity contribution in [1.82, 2.24) is 15.0 Å². The second-order valence-electron chi connectivity index (χ2n) is 8.54. The first-order valence-corrected chi connectivity index (χ1v) is 11.9. The normalized spacial score (nSPS) is 21.2. The lowest BCUT2D eigenvalue weighted by molar-refractivity contribution is -0.137. The number of carbonyl (C=O) groups excluding carboxylic acids is 2. The number of aryl methyl sites for hydroxylation is 1. The Morgan fingerprint density at radius 3 is 2.64 bits per heavy atom. The molecule has 0 radical (unpaired) electrons. The van der Waals surface area contributed by atoms with E-state index in [0.29, 0.717) is 74.5 Å². The molecule has 33 heavy (non-hydrogen) atoms. The van der Waals surface area contributed by atoms with Crippen molar-refractivity contribution in [3.8, 4) is 5.75 Å². The quantitative estimate of drug-likeness (QED) is 0.609. The van der Waals surface area contributed by atoms with Crippen molar-refractivity contribution >= 4 is 23.4 Å². The third-order valence-electron chi connectivity index (χ3n) is 6.13. The second kappa shape index (κ2) is 11.0. The lowest BCUT2D eigenvalue weighted by atomic mass is 9.90. The molecule has 1 aromatic carbocycles. The van der Waals surface area contributed by atoms with Gasteiger partial charge in [0, 0.05) is 62.4 Å². The molecule has 2 aromatic rings. The molecule has 0 saturated carbocycles. The van der Waals surface area contributed by atoms with Crippen LogP contribution in [0.4, 0.5) is 0 Å². The van der Waals surface area contributed by atoms with Gasteiger partial charge in [-0.05, 0) is 30.7 Å². The molecular formula is C24H30ClN3O5. The molecule has 9 heteroatoms. The van der Waals surface area contributed by atoms with Gasteiger partial charge in [0.25, 0.3) is 5.91 Å². The van der Waals surface area contributed by atoms with Crippen molar-refractivity contribution in [2.45, 2.75) is 38.7 Å². The van der Waals surface area contributed by atoms with E-state index < -0.39 is 0 Å². The first-order chi connectivity index (χ1) is 16.0. The maximum absolute atomic E-state index is 13.1. The molecule has 4 rings (SSSR count). The van der Waals surface area contributed by atoms with E-state index in [1.54, 1.807) is 23.1 Å². The van der Waals surface area contributed by atoms with Crippen LogP contribution in [0.25, 0.3) is 0 Å². The van der Waals surface area contributed by atoms with Crippen molar-refractivity contribution in [1.29, 1.82) is 0 Å². The summed E-state index contributed by atoms with van der Waals surface area (Å²) in [5.41, 5.74) is 0.314. The van der Waals surface area contributed by atoms with E-state index in [9.17, 15) is 9.59 Å². The summed E-state index contributed by atoms with van der Waals surface area (Å²) in [5.74, 6) is 1.16. The van der Waals surface area contributed by atoms with E-state index in [-0.39, 0.29) is 23.8 Å². The molecule has 0 bridgehead atoms. The third-order valence-corrected chi connectivity index (χ3v) is 6.38. The summed E-state index contributed by atoms with van der Waals surface area (Å²) in [4.78, 5) is 29.7. The molecule has 1 aromatic heterocycles. The highest BCUT2D eigenvalue weighted by atomic mass is 35.5. The first-order valence-electron chi connectivity index (χ1n) is 11.6. The van der Waals surface area contributed by atoms with Gasteiger partial charge < -0.3 is 23.8 Å². The predicted octanol–water partition coefficient (Wildman–Crippen LogP) is 3.44. The molecule has 0 unspecified atom stereocenters. The number of hydrogen-bond acceptors (Lipinski definition) is 6. The minimum atomic E-state index is -0.187. The first kappa shape index (κ1) is 23.6. The van der Waals surface area contributed by atoms with E-state index >= 15 is 0 Å². The van der Waals surface area contributed by atoms with E-state index in [2.05, 4.69) is 5.16 Å². The SMILES string of the molecule is CCCc1cc(C(=O)N2CC[C@H](Oc3ccc(Cl)cc3)[C@@H](CC(=O)N3CCOCC3)C2)no1. The summed E-state index contributed by atoms with van der Waals surface area (Å²) in [7, 11) is 0. The van der Waals surface area contributed by atoms with Crippen molar-refractivity contribution in [2.75, 3.05) is 39.4 Å². The van der Waals surface area contributed by atoms with E-state index in [1.807, 2.05) is 24.0 Å². The molecule has 2 amide bonds. The molecule has 0 spiro atoms. The minimum Gasteiger partial charge on any atom is -0.490 e. The van der Waals surface area contributed by atoms with Gasteiger partial charge in [0.2, 0.25) is 5.91 Å². The number of morpholine rings is 1. The van der Waals surface area contributed by atoms with Crippen LogP contribution in [0.15, 0.2) is 34.9 Å². The molecular weight excluding hydrogens is 446 g/mol. The maximum atomic E-state index is 13.1. The zero-order valence-electron chi connectivity index (χ0n) is 18.9. The Hall–Kier alpha value is -2.58.